The summed E-state index contributed by atoms with van der Waals surface area (Å²) in [7, 11) is -2.66. The highest BCUT2D eigenvalue weighted by Crippen LogP contribution is 2.32. The van der Waals surface area contributed by atoms with Crippen LogP contribution in [0.3, 0.4) is 0 Å². The van der Waals surface area contributed by atoms with E-state index in [4.69, 9.17) is 9.47 Å². The molecule has 1 N–H and O–H groups in total. The van der Waals surface area contributed by atoms with Gasteiger partial charge in [-0.3, -0.25) is 4.79 Å². The summed E-state index contributed by atoms with van der Waals surface area (Å²) >= 11 is 0. The highest BCUT2D eigenvalue weighted by molar-refractivity contribution is 7.89. The Labute approximate surface area is 163 Å². The lowest BCUT2D eigenvalue weighted by molar-refractivity contribution is -0.116. The molecule has 0 fully saturated rings. The van der Waals surface area contributed by atoms with Crippen LogP contribution in [0.1, 0.15) is 12.0 Å². The molecule has 9 heteroatoms. The first-order chi connectivity index (χ1) is 13.3. The van der Waals surface area contributed by atoms with Gasteiger partial charge in [-0.15, -0.1) is 0 Å². The highest BCUT2D eigenvalue weighted by atomic mass is 32.2. The minimum absolute atomic E-state index is 0.00280. The fourth-order valence-electron chi connectivity index (χ4n) is 2.68. The van der Waals surface area contributed by atoms with Gasteiger partial charge in [0, 0.05) is 19.5 Å². The molecule has 0 aliphatic carbocycles. The molecule has 1 heterocycles. The Morgan fingerprint density at radius 2 is 1.86 bits per heavy atom. The third-order valence-electron chi connectivity index (χ3n) is 4.19. The number of benzene rings is 2. The topological polar surface area (TPSA) is 84.9 Å². The Kier molecular flexibility index (Phi) is 5.85. The number of halogens is 1. The molecular formula is C19H21FN2O5S. The molecule has 0 bridgehead atoms. The Morgan fingerprint density at radius 1 is 1.14 bits per heavy atom. The molecule has 2 aromatic rings. The Bertz CT molecular complexity index is 994. The first-order valence-electron chi connectivity index (χ1n) is 8.69. The number of nitrogens with zero attached hydrogens (tertiary/aromatic N) is 1. The highest BCUT2D eigenvalue weighted by Gasteiger charge is 2.25. The number of rotatable bonds is 5. The van der Waals surface area contributed by atoms with Crippen molar-refractivity contribution in [2.75, 3.05) is 32.1 Å². The molecule has 0 spiro atoms. The van der Waals surface area contributed by atoms with Crippen LogP contribution in [-0.2, 0) is 14.8 Å². The van der Waals surface area contributed by atoms with Gasteiger partial charge in [-0.1, -0.05) is 6.07 Å². The number of amides is 1. The molecule has 0 radical (unpaired) electrons. The molecule has 150 valence electrons. The number of sulfonamides is 1. The SMILES string of the molecule is Cc1ccc(NC(=O)CN(C)S(=O)(=O)c2ccc3c(c2)OCCCO3)c(F)c1. The maximum Gasteiger partial charge on any atom is 0.243 e. The van der Waals surface area contributed by atoms with Gasteiger partial charge in [0.05, 0.1) is 30.3 Å². The number of ether oxygens (including phenoxy) is 2. The van der Waals surface area contributed by atoms with E-state index in [1.165, 1.54) is 37.4 Å². The number of fused-ring (bicyclic) bond motifs is 1. The number of likely N-dealkylation sites (N-methyl/N-ethyl adjacent to an activating group) is 1. The summed E-state index contributed by atoms with van der Waals surface area (Å²) in [6, 6.07) is 8.68. The second-order valence-corrected chi connectivity index (χ2v) is 8.50. The molecule has 3 rings (SSSR count). The Hall–Kier alpha value is -2.65. The van der Waals surface area contributed by atoms with Gasteiger partial charge < -0.3 is 14.8 Å². The zero-order valence-corrected chi connectivity index (χ0v) is 16.4. The zero-order valence-electron chi connectivity index (χ0n) is 15.6. The van der Waals surface area contributed by atoms with Crippen LogP contribution in [0, 0.1) is 12.7 Å². The minimum atomic E-state index is -3.95. The number of aryl methyl sites for hydroxylation is 1. The lowest BCUT2D eigenvalue weighted by Crippen LogP contribution is -2.35. The molecule has 2 aromatic carbocycles. The van der Waals surface area contributed by atoms with E-state index in [1.807, 2.05) is 0 Å². The maximum atomic E-state index is 13.9. The summed E-state index contributed by atoms with van der Waals surface area (Å²) in [5.41, 5.74) is 0.710. The molecule has 0 saturated carbocycles. The zero-order chi connectivity index (χ0) is 20.3. The van der Waals surface area contributed by atoms with E-state index in [2.05, 4.69) is 5.32 Å². The van der Waals surface area contributed by atoms with Gasteiger partial charge in [0.1, 0.15) is 5.82 Å². The summed E-state index contributed by atoms with van der Waals surface area (Å²) in [4.78, 5) is 12.2. The summed E-state index contributed by atoms with van der Waals surface area (Å²) < 4.78 is 51.3. The van der Waals surface area contributed by atoms with E-state index in [0.717, 1.165) is 4.31 Å². The van der Waals surface area contributed by atoms with Gasteiger partial charge in [0.15, 0.2) is 11.5 Å². The lowest BCUT2D eigenvalue weighted by atomic mass is 10.2. The monoisotopic (exact) mass is 408 g/mol. The standard InChI is InChI=1S/C19H21FN2O5S/c1-13-4-6-16(15(20)10-13)21-19(23)12-22(2)28(24,25)14-5-7-17-18(11-14)27-9-3-8-26-17/h4-7,10-11H,3,8-9,12H2,1-2H3,(H,21,23). The molecule has 0 saturated heterocycles. The van der Waals surface area contributed by atoms with E-state index >= 15 is 0 Å². The summed E-state index contributed by atoms with van der Waals surface area (Å²) in [6.07, 6.45) is 0.701. The second kappa shape index (κ2) is 8.15. The normalized spacial score (nSPS) is 13.9. The van der Waals surface area contributed by atoms with E-state index in [-0.39, 0.29) is 10.6 Å². The van der Waals surface area contributed by atoms with E-state index in [9.17, 15) is 17.6 Å². The van der Waals surface area contributed by atoms with Crippen LogP contribution in [0.2, 0.25) is 0 Å². The van der Waals surface area contributed by atoms with Crippen LogP contribution >= 0.6 is 0 Å². The molecule has 1 aliphatic rings. The summed E-state index contributed by atoms with van der Waals surface area (Å²) in [5.74, 6) is -0.408. The quantitative estimate of drug-likeness (QED) is 0.822. The van der Waals surface area contributed by atoms with Gasteiger partial charge in [-0.25, -0.2) is 12.8 Å². The van der Waals surface area contributed by atoms with Crippen LogP contribution < -0.4 is 14.8 Å². The molecule has 1 aliphatic heterocycles. The van der Waals surface area contributed by atoms with Crippen molar-refractivity contribution >= 4 is 21.6 Å². The number of anilines is 1. The summed E-state index contributed by atoms with van der Waals surface area (Å²) in [6.45, 7) is 2.18. The first kappa shape index (κ1) is 20.1. The van der Waals surface area contributed by atoms with Gasteiger partial charge >= 0.3 is 0 Å². The van der Waals surface area contributed by atoms with Gasteiger partial charge in [-0.05, 0) is 36.8 Å². The average Bonchev–Trinajstić information content (AvgIpc) is 2.88. The number of carbonyl (C=O) groups excluding carboxylic acids is 1. The molecule has 28 heavy (non-hydrogen) atoms. The molecule has 7 nitrogen and oxygen atoms in total. The van der Waals surface area contributed by atoms with Crippen molar-refractivity contribution in [3.8, 4) is 11.5 Å². The van der Waals surface area contributed by atoms with Gasteiger partial charge in [0.25, 0.3) is 0 Å². The number of carbonyl (C=O) groups is 1. The predicted octanol–water partition coefficient (Wildman–Crippen LogP) is 2.55. The Morgan fingerprint density at radius 3 is 2.57 bits per heavy atom. The Balaban J connectivity index is 1.73. The first-order valence-corrected chi connectivity index (χ1v) is 10.1. The number of hydrogen-bond donors (Lipinski definition) is 1. The van der Waals surface area contributed by atoms with Crippen molar-refractivity contribution in [2.24, 2.45) is 0 Å². The second-order valence-electron chi connectivity index (χ2n) is 6.45. The smallest absolute Gasteiger partial charge is 0.243 e. The summed E-state index contributed by atoms with van der Waals surface area (Å²) in [5, 5.41) is 2.39. The minimum Gasteiger partial charge on any atom is -0.490 e. The van der Waals surface area contributed by atoms with Crippen molar-refractivity contribution in [3.63, 3.8) is 0 Å². The number of nitrogens with one attached hydrogen (secondary N) is 1. The van der Waals surface area contributed by atoms with Crippen molar-refractivity contribution < 1.29 is 27.1 Å². The number of hydrogen-bond acceptors (Lipinski definition) is 5. The molecular weight excluding hydrogens is 387 g/mol. The molecule has 0 atom stereocenters. The van der Waals surface area contributed by atoms with Crippen molar-refractivity contribution in [1.82, 2.24) is 4.31 Å². The third-order valence-corrected chi connectivity index (χ3v) is 5.99. The van der Waals surface area contributed by atoms with Crippen LogP contribution in [0.4, 0.5) is 10.1 Å². The largest absolute Gasteiger partial charge is 0.490 e. The van der Waals surface area contributed by atoms with Crippen molar-refractivity contribution in [3.05, 3.63) is 47.8 Å². The van der Waals surface area contributed by atoms with Crippen LogP contribution in [-0.4, -0.2) is 45.4 Å². The van der Waals surface area contributed by atoms with Crippen molar-refractivity contribution in [1.29, 1.82) is 0 Å². The fraction of sp³-hybridized carbons (Fsp3) is 0.316. The maximum absolute atomic E-state index is 13.9. The molecule has 0 aromatic heterocycles. The molecule has 1 amide bonds. The fourth-order valence-corrected chi connectivity index (χ4v) is 3.83. The van der Waals surface area contributed by atoms with Crippen LogP contribution in [0.5, 0.6) is 11.5 Å². The van der Waals surface area contributed by atoms with E-state index < -0.39 is 28.3 Å². The van der Waals surface area contributed by atoms with Gasteiger partial charge in [-0.2, -0.15) is 4.31 Å². The van der Waals surface area contributed by atoms with E-state index in [1.54, 1.807) is 13.0 Å². The average molecular weight is 408 g/mol. The van der Waals surface area contributed by atoms with E-state index in [0.29, 0.717) is 36.7 Å². The van der Waals surface area contributed by atoms with Gasteiger partial charge in [0.2, 0.25) is 15.9 Å². The lowest BCUT2D eigenvalue weighted by Gasteiger charge is -2.18. The van der Waals surface area contributed by atoms with Crippen LogP contribution in [0.15, 0.2) is 41.3 Å². The van der Waals surface area contributed by atoms with Crippen molar-refractivity contribution in [2.45, 2.75) is 18.2 Å². The van der Waals surface area contributed by atoms with Crippen LogP contribution in [0.25, 0.3) is 0 Å². The predicted molar refractivity (Wildman–Crippen MR) is 102 cm³/mol. The molecule has 0 unspecified atom stereocenters. The third kappa shape index (κ3) is 4.42.